The maximum absolute atomic E-state index is 12.2. The molecule has 28 heavy (non-hydrogen) atoms. The van der Waals surface area contributed by atoms with E-state index in [-0.39, 0.29) is 0 Å². The molecule has 2 heterocycles. The van der Waals surface area contributed by atoms with Crippen molar-refractivity contribution in [3.8, 4) is 5.75 Å². The molecule has 0 radical (unpaired) electrons. The third kappa shape index (κ3) is 5.93. The van der Waals surface area contributed by atoms with Crippen LogP contribution in [0.3, 0.4) is 0 Å². The topological polar surface area (TPSA) is 79.8 Å². The van der Waals surface area contributed by atoms with Gasteiger partial charge in [0.1, 0.15) is 11.8 Å². The minimum atomic E-state index is -1.46. The second kappa shape index (κ2) is 9.25. The molecule has 1 aromatic rings. The predicted octanol–water partition coefficient (Wildman–Crippen LogP) is 2.38. The zero-order chi connectivity index (χ0) is 20.1. The van der Waals surface area contributed by atoms with Crippen LogP contribution < -0.4 is 15.4 Å². The number of nitrogens with one attached hydrogen (secondary N) is 2. The molecule has 3 rings (SSSR count). The van der Waals surface area contributed by atoms with E-state index in [9.17, 15) is 9.90 Å². The minimum absolute atomic E-state index is 0.426. The van der Waals surface area contributed by atoms with Crippen molar-refractivity contribution in [2.24, 2.45) is 11.8 Å². The van der Waals surface area contributed by atoms with Gasteiger partial charge in [-0.05, 0) is 73.9 Å². The van der Waals surface area contributed by atoms with E-state index in [4.69, 9.17) is 9.47 Å². The smallest absolute Gasteiger partial charge is 0.325 e. The zero-order valence-electron chi connectivity index (χ0n) is 17.3. The first-order valence-electron chi connectivity index (χ1n) is 10.5. The summed E-state index contributed by atoms with van der Waals surface area (Å²) < 4.78 is 11.1. The number of carbonyl (C=O) groups is 1. The summed E-state index contributed by atoms with van der Waals surface area (Å²) in [6.07, 6.45) is 4.16. The van der Waals surface area contributed by atoms with Crippen molar-refractivity contribution < 1.29 is 19.4 Å². The molecule has 0 spiro atoms. The highest BCUT2D eigenvalue weighted by molar-refractivity contribution is 5.77. The van der Waals surface area contributed by atoms with E-state index in [2.05, 4.69) is 23.6 Å². The largest absolute Gasteiger partial charge is 0.494 e. The number of carbonyl (C=O) groups excluding carboxylic acids is 1. The summed E-state index contributed by atoms with van der Waals surface area (Å²) in [5, 5.41) is 16.3. The van der Waals surface area contributed by atoms with Crippen LogP contribution >= 0.6 is 0 Å². The van der Waals surface area contributed by atoms with Gasteiger partial charge in [-0.2, -0.15) is 0 Å². The van der Waals surface area contributed by atoms with Gasteiger partial charge in [0.25, 0.3) is 0 Å². The average Bonchev–Trinajstić information content (AvgIpc) is 2.66. The Morgan fingerprint density at radius 3 is 2.75 bits per heavy atom. The predicted molar refractivity (Wildman–Crippen MR) is 108 cm³/mol. The first kappa shape index (κ1) is 21.1. The Morgan fingerprint density at radius 2 is 2.04 bits per heavy atom. The first-order chi connectivity index (χ1) is 13.3. The number of esters is 1. The third-order valence-corrected chi connectivity index (χ3v) is 5.81. The van der Waals surface area contributed by atoms with Gasteiger partial charge in [0.2, 0.25) is 5.79 Å². The van der Waals surface area contributed by atoms with Gasteiger partial charge < -0.3 is 25.2 Å². The van der Waals surface area contributed by atoms with Gasteiger partial charge in [-0.3, -0.25) is 4.79 Å². The molecule has 3 N–H and O–H groups in total. The molecule has 1 fully saturated rings. The Labute approximate surface area is 168 Å². The van der Waals surface area contributed by atoms with Gasteiger partial charge in [-0.25, -0.2) is 0 Å². The number of rotatable bonds is 7. The van der Waals surface area contributed by atoms with Crippen molar-refractivity contribution in [1.29, 1.82) is 0 Å². The molecule has 0 aromatic heterocycles. The van der Waals surface area contributed by atoms with Gasteiger partial charge in [0.05, 0.1) is 6.61 Å². The maximum Gasteiger partial charge on any atom is 0.325 e. The van der Waals surface area contributed by atoms with Crippen LogP contribution in [-0.2, 0) is 22.5 Å². The van der Waals surface area contributed by atoms with Crippen LogP contribution in [0, 0.1) is 11.8 Å². The minimum Gasteiger partial charge on any atom is -0.494 e. The summed E-state index contributed by atoms with van der Waals surface area (Å²) >= 11 is 0. The Hall–Kier alpha value is -1.63. The number of aliphatic hydroxyl groups is 1. The molecule has 2 aliphatic heterocycles. The molecule has 0 amide bonds. The maximum atomic E-state index is 12.2. The molecular formula is C22H34N2O4. The highest BCUT2D eigenvalue weighted by Crippen LogP contribution is 2.26. The van der Waals surface area contributed by atoms with Crippen LogP contribution in [-0.4, -0.2) is 42.6 Å². The summed E-state index contributed by atoms with van der Waals surface area (Å²) in [7, 11) is 0. The van der Waals surface area contributed by atoms with Gasteiger partial charge in [-0.15, -0.1) is 0 Å². The fourth-order valence-corrected chi connectivity index (χ4v) is 4.08. The van der Waals surface area contributed by atoms with Gasteiger partial charge >= 0.3 is 5.97 Å². The van der Waals surface area contributed by atoms with E-state index in [0.717, 1.165) is 48.9 Å². The lowest BCUT2D eigenvalue weighted by Crippen LogP contribution is -2.45. The second-order valence-electron chi connectivity index (χ2n) is 8.64. The Morgan fingerprint density at radius 1 is 1.29 bits per heavy atom. The first-order valence-corrected chi connectivity index (χ1v) is 10.5. The molecule has 0 bridgehead atoms. The van der Waals surface area contributed by atoms with Crippen molar-refractivity contribution in [1.82, 2.24) is 10.6 Å². The summed E-state index contributed by atoms with van der Waals surface area (Å²) in [5.74, 6) is 0.491. The number of hydrogen-bond acceptors (Lipinski definition) is 6. The fraction of sp³-hybridized carbons (Fsp3) is 0.682. The van der Waals surface area contributed by atoms with Crippen molar-refractivity contribution in [3.05, 3.63) is 29.3 Å². The van der Waals surface area contributed by atoms with Crippen LogP contribution in [0.15, 0.2) is 18.2 Å². The molecule has 156 valence electrons. The Kier molecular flexibility index (Phi) is 6.96. The third-order valence-electron chi connectivity index (χ3n) is 5.81. The van der Waals surface area contributed by atoms with E-state index >= 15 is 0 Å². The highest BCUT2D eigenvalue weighted by atomic mass is 16.7. The number of benzene rings is 1. The van der Waals surface area contributed by atoms with Gasteiger partial charge in [-0.1, -0.05) is 13.0 Å². The standard InChI is InChI=1S/C22H34N2O4/c1-15(16-6-9-23-10-7-16)8-11-27-19-5-4-17-13-20(24-14-18(17)12-19)21(25)28-22(2,3)26/h4-5,12,15-16,20,23-24,26H,6-11,13-14H2,1-3H3/t15-,20+/m1/s1. The molecule has 1 aromatic carbocycles. The molecule has 6 nitrogen and oxygen atoms in total. The lowest BCUT2D eigenvalue weighted by Gasteiger charge is -2.28. The van der Waals surface area contributed by atoms with Crippen LogP contribution in [0.5, 0.6) is 5.75 Å². The number of fused-ring (bicyclic) bond motifs is 1. The molecule has 6 heteroatoms. The van der Waals surface area contributed by atoms with Crippen LogP contribution in [0.2, 0.25) is 0 Å². The zero-order valence-corrected chi connectivity index (χ0v) is 17.3. The van der Waals surface area contributed by atoms with E-state index in [1.165, 1.54) is 26.7 Å². The molecule has 2 atom stereocenters. The van der Waals surface area contributed by atoms with E-state index in [1.807, 2.05) is 12.1 Å². The molecule has 0 aliphatic carbocycles. The van der Waals surface area contributed by atoms with E-state index in [1.54, 1.807) is 0 Å². The van der Waals surface area contributed by atoms with Crippen LogP contribution in [0.1, 0.15) is 51.2 Å². The lowest BCUT2D eigenvalue weighted by molar-refractivity contribution is -0.197. The summed E-state index contributed by atoms with van der Waals surface area (Å²) in [6.45, 7) is 8.84. The van der Waals surface area contributed by atoms with Crippen molar-refractivity contribution >= 4 is 5.97 Å². The number of piperidine rings is 1. The highest BCUT2D eigenvalue weighted by Gasteiger charge is 2.29. The Balaban J connectivity index is 1.48. The van der Waals surface area contributed by atoms with Gasteiger partial charge in [0.15, 0.2) is 0 Å². The fourth-order valence-electron chi connectivity index (χ4n) is 4.08. The van der Waals surface area contributed by atoms with Crippen LogP contribution in [0.4, 0.5) is 0 Å². The van der Waals surface area contributed by atoms with Crippen LogP contribution in [0.25, 0.3) is 0 Å². The Bertz CT molecular complexity index is 665. The number of ether oxygens (including phenoxy) is 2. The van der Waals surface area contributed by atoms with Crippen molar-refractivity contribution in [2.45, 2.75) is 64.8 Å². The second-order valence-corrected chi connectivity index (χ2v) is 8.64. The SMILES string of the molecule is C[C@H](CCOc1ccc2c(c1)CN[C@H](C(=O)OC(C)(C)O)C2)C1CCNCC1. The van der Waals surface area contributed by atoms with E-state index < -0.39 is 17.8 Å². The number of hydrogen-bond donors (Lipinski definition) is 3. The summed E-state index contributed by atoms with van der Waals surface area (Å²) in [5.41, 5.74) is 2.27. The van der Waals surface area contributed by atoms with E-state index in [0.29, 0.717) is 18.9 Å². The molecule has 1 saturated heterocycles. The normalized spacial score (nSPS) is 21.6. The van der Waals surface area contributed by atoms with Crippen molar-refractivity contribution in [3.63, 3.8) is 0 Å². The molecular weight excluding hydrogens is 356 g/mol. The monoisotopic (exact) mass is 390 g/mol. The summed E-state index contributed by atoms with van der Waals surface area (Å²) in [4.78, 5) is 12.2. The quantitative estimate of drug-likeness (QED) is 0.490. The molecule has 0 unspecified atom stereocenters. The summed E-state index contributed by atoms with van der Waals surface area (Å²) in [6, 6.07) is 5.65. The van der Waals surface area contributed by atoms with Gasteiger partial charge in [0, 0.05) is 20.4 Å². The van der Waals surface area contributed by atoms with Crippen molar-refractivity contribution in [2.75, 3.05) is 19.7 Å². The average molecular weight is 391 g/mol. The lowest BCUT2D eigenvalue weighted by atomic mass is 9.84. The molecule has 2 aliphatic rings. The molecule has 0 saturated carbocycles.